The molecule has 7 nitrogen and oxygen atoms in total. The minimum atomic E-state index is -0.365. The Morgan fingerprint density at radius 3 is 2.61 bits per heavy atom. The maximum absolute atomic E-state index is 12.5. The fourth-order valence-corrected chi connectivity index (χ4v) is 2.70. The first kappa shape index (κ1) is 19.4. The van der Waals surface area contributed by atoms with Gasteiger partial charge in [0, 0.05) is 29.5 Å². The Morgan fingerprint density at radius 2 is 1.86 bits per heavy atom. The molecule has 0 aliphatic carbocycles. The summed E-state index contributed by atoms with van der Waals surface area (Å²) >= 11 is 6.14. The van der Waals surface area contributed by atoms with E-state index >= 15 is 0 Å². The number of amides is 1. The molecule has 1 aromatic heterocycles. The van der Waals surface area contributed by atoms with Gasteiger partial charge in [0.25, 0.3) is 5.91 Å². The third-order valence-corrected chi connectivity index (χ3v) is 4.29. The quantitative estimate of drug-likeness (QED) is 0.625. The van der Waals surface area contributed by atoms with Gasteiger partial charge in [-0.15, -0.1) is 0 Å². The summed E-state index contributed by atoms with van der Waals surface area (Å²) < 4.78 is 10.4. The van der Waals surface area contributed by atoms with Crippen molar-refractivity contribution in [3.63, 3.8) is 0 Å². The van der Waals surface area contributed by atoms with Crippen molar-refractivity contribution in [3.8, 4) is 11.5 Å². The SMILES string of the molecule is COc1ccc(NC(=O)c2ccnc(NCc3ccccc3Cl)n2)cc1OC. The predicted molar refractivity (Wildman–Crippen MR) is 108 cm³/mol. The van der Waals surface area contributed by atoms with E-state index in [0.717, 1.165) is 5.56 Å². The van der Waals surface area contributed by atoms with Gasteiger partial charge in [0.2, 0.25) is 5.95 Å². The average Bonchev–Trinajstić information content (AvgIpc) is 2.73. The van der Waals surface area contributed by atoms with Crippen LogP contribution >= 0.6 is 11.6 Å². The number of aromatic nitrogens is 2. The number of hydrogen-bond acceptors (Lipinski definition) is 6. The van der Waals surface area contributed by atoms with E-state index in [9.17, 15) is 4.79 Å². The molecular formula is C20H19ClN4O3. The molecule has 0 radical (unpaired) electrons. The zero-order valence-electron chi connectivity index (χ0n) is 15.4. The molecule has 1 amide bonds. The van der Waals surface area contributed by atoms with Gasteiger partial charge in [0.05, 0.1) is 14.2 Å². The average molecular weight is 399 g/mol. The van der Waals surface area contributed by atoms with E-state index in [2.05, 4.69) is 20.6 Å². The van der Waals surface area contributed by atoms with Crippen molar-refractivity contribution in [1.29, 1.82) is 0 Å². The van der Waals surface area contributed by atoms with E-state index in [1.54, 1.807) is 25.3 Å². The lowest BCUT2D eigenvalue weighted by atomic mass is 10.2. The molecule has 144 valence electrons. The third kappa shape index (κ3) is 4.69. The highest BCUT2D eigenvalue weighted by Crippen LogP contribution is 2.29. The molecule has 28 heavy (non-hydrogen) atoms. The maximum Gasteiger partial charge on any atom is 0.274 e. The molecule has 0 unspecified atom stereocenters. The van der Waals surface area contributed by atoms with Gasteiger partial charge in [0.1, 0.15) is 5.69 Å². The topological polar surface area (TPSA) is 85.4 Å². The van der Waals surface area contributed by atoms with Crippen molar-refractivity contribution in [2.45, 2.75) is 6.54 Å². The van der Waals surface area contributed by atoms with Crippen molar-refractivity contribution in [1.82, 2.24) is 9.97 Å². The van der Waals surface area contributed by atoms with Crippen LogP contribution in [0.2, 0.25) is 5.02 Å². The number of halogens is 1. The molecule has 3 aromatic rings. The number of rotatable bonds is 7. The van der Waals surface area contributed by atoms with Gasteiger partial charge >= 0.3 is 0 Å². The van der Waals surface area contributed by atoms with Crippen LogP contribution < -0.4 is 20.1 Å². The molecule has 0 aliphatic rings. The van der Waals surface area contributed by atoms with E-state index in [0.29, 0.717) is 34.7 Å². The summed E-state index contributed by atoms with van der Waals surface area (Å²) in [6.45, 7) is 0.445. The Hall–Kier alpha value is -3.32. The van der Waals surface area contributed by atoms with Crippen molar-refractivity contribution >= 4 is 29.1 Å². The van der Waals surface area contributed by atoms with Gasteiger partial charge in [-0.1, -0.05) is 29.8 Å². The molecule has 1 heterocycles. The minimum absolute atomic E-state index is 0.228. The largest absolute Gasteiger partial charge is 0.493 e. The summed E-state index contributed by atoms with van der Waals surface area (Å²) in [6, 6.07) is 14.1. The molecule has 0 saturated carbocycles. The predicted octanol–water partition coefficient (Wildman–Crippen LogP) is 4.01. The monoisotopic (exact) mass is 398 g/mol. The van der Waals surface area contributed by atoms with Gasteiger partial charge in [-0.2, -0.15) is 0 Å². The van der Waals surface area contributed by atoms with Crippen LogP contribution in [0.3, 0.4) is 0 Å². The van der Waals surface area contributed by atoms with Crippen molar-refractivity contribution in [2.24, 2.45) is 0 Å². The number of nitrogens with one attached hydrogen (secondary N) is 2. The van der Waals surface area contributed by atoms with Crippen molar-refractivity contribution in [3.05, 3.63) is 71.0 Å². The molecule has 0 atom stereocenters. The minimum Gasteiger partial charge on any atom is -0.493 e. The zero-order chi connectivity index (χ0) is 19.9. The first-order valence-electron chi connectivity index (χ1n) is 8.44. The number of carbonyl (C=O) groups is 1. The Labute approximate surface area is 167 Å². The molecule has 0 saturated heterocycles. The van der Waals surface area contributed by atoms with E-state index in [-0.39, 0.29) is 11.6 Å². The van der Waals surface area contributed by atoms with Crippen LogP contribution in [0.15, 0.2) is 54.7 Å². The van der Waals surface area contributed by atoms with E-state index in [4.69, 9.17) is 21.1 Å². The summed E-state index contributed by atoms with van der Waals surface area (Å²) in [5.41, 5.74) is 1.70. The fourth-order valence-electron chi connectivity index (χ4n) is 2.50. The Morgan fingerprint density at radius 1 is 1.07 bits per heavy atom. The second-order valence-corrected chi connectivity index (χ2v) is 6.14. The highest BCUT2D eigenvalue weighted by Gasteiger charge is 2.12. The molecule has 2 N–H and O–H groups in total. The first-order chi connectivity index (χ1) is 13.6. The highest BCUT2D eigenvalue weighted by molar-refractivity contribution is 6.31. The fraction of sp³-hybridized carbons (Fsp3) is 0.150. The van der Waals surface area contributed by atoms with Crippen LogP contribution in [-0.2, 0) is 6.54 Å². The smallest absolute Gasteiger partial charge is 0.274 e. The third-order valence-electron chi connectivity index (χ3n) is 3.92. The molecule has 3 rings (SSSR count). The normalized spacial score (nSPS) is 10.2. The first-order valence-corrected chi connectivity index (χ1v) is 8.82. The molecule has 0 aliphatic heterocycles. The number of methoxy groups -OCH3 is 2. The van der Waals surface area contributed by atoms with E-state index in [1.807, 2.05) is 24.3 Å². The Kier molecular flexibility index (Phi) is 6.29. The molecule has 8 heteroatoms. The molecule has 0 bridgehead atoms. The number of benzene rings is 2. The van der Waals surface area contributed by atoms with Crippen LogP contribution in [-0.4, -0.2) is 30.1 Å². The Bertz CT molecular complexity index is 981. The summed E-state index contributed by atoms with van der Waals surface area (Å²) in [5, 5.41) is 6.50. The van der Waals surface area contributed by atoms with Gasteiger partial charge in [-0.25, -0.2) is 9.97 Å². The summed E-state index contributed by atoms with van der Waals surface area (Å²) in [7, 11) is 3.08. The number of hydrogen-bond donors (Lipinski definition) is 2. The highest BCUT2D eigenvalue weighted by atomic mass is 35.5. The number of carbonyl (C=O) groups excluding carboxylic acids is 1. The zero-order valence-corrected chi connectivity index (χ0v) is 16.2. The van der Waals surface area contributed by atoms with E-state index in [1.165, 1.54) is 19.4 Å². The lowest BCUT2D eigenvalue weighted by Crippen LogP contribution is -2.15. The lowest BCUT2D eigenvalue weighted by Gasteiger charge is -2.11. The summed E-state index contributed by atoms with van der Waals surface area (Å²) in [4.78, 5) is 20.9. The van der Waals surface area contributed by atoms with Crippen LogP contribution in [0.25, 0.3) is 0 Å². The van der Waals surface area contributed by atoms with Crippen molar-refractivity contribution in [2.75, 3.05) is 24.9 Å². The molecule has 2 aromatic carbocycles. The van der Waals surface area contributed by atoms with Crippen molar-refractivity contribution < 1.29 is 14.3 Å². The summed E-state index contributed by atoms with van der Waals surface area (Å²) in [6.07, 6.45) is 1.52. The van der Waals surface area contributed by atoms with Crippen LogP contribution in [0.5, 0.6) is 11.5 Å². The van der Waals surface area contributed by atoms with Crippen LogP contribution in [0.4, 0.5) is 11.6 Å². The summed E-state index contributed by atoms with van der Waals surface area (Å²) in [5.74, 6) is 1.06. The van der Waals surface area contributed by atoms with Gasteiger partial charge in [0.15, 0.2) is 11.5 Å². The molecule has 0 fully saturated rings. The Balaban J connectivity index is 1.69. The lowest BCUT2D eigenvalue weighted by molar-refractivity contribution is 0.102. The van der Waals surface area contributed by atoms with E-state index < -0.39 is 0 Å². The number of ether oxygens (including phenoxy) is 2. The van der Waals surface area contributed by atoms with Crippen LogP contribution in [0.1, 0.15) is 16.1 Å². The molecule has 0 spiro atoms. The van der Waals surface area contributed by atoms with Gasteiger partial charge in [-0.3, -0.25) is 4.79 Å². The standard InChI is InChI=1S/C20H19ClN4O3/c1-27-17-8-7-14(11-18(17)28-2)24-19(26)16-9-10-22-20(25-16)23-12-13-5-3-4-6-15(13)21/h3-11H,12H2,1-2H3,(H,24,26)(H,22,23,25). The van der Waals surface area contributed by atoms with Gasteiger partial charge < -0.3 is 20.1 Å². The number of nitrogens with zero attached hydrogens (tertiary/aromatic N) is 2. The van der Waals surface area contributed by atoms with Gasteiger partial charge in [-0.05, 0) is 29.8 Å². The van der Waals surface area contributed by atoms with Crippen LogP contribution in [0, 0.1) is 0 Å². The number of anilines is 2. The second-order valence-electron chi connectivity index (χ2n) is 5.73. The molecular weight excluding hydrogens is 380 g/mol. The maximum atomic E-state index is 12.5. The second kappa shape index (κ2) is 9.05.